The van der Waals surface area contributed by atoms with Crippen molar-refractivity contribution in [3.63, 3.8) is 0 Å². The highest BCUT2D eigenvalue weighted by atomic mass is 16.7. The molecule has 0 spiro atoms. The van der Waals surface area contributed by atoms with Crippen molar-refractivity contribution in [2.45, 2.75) is 121 Å². The molecule has 0 unspecified atom stereocenters. The first-order valence-corrected chi connectivity index (χ1v) is 14.5. The minimum Gasteiger partial charge on any atom is -0.458 e. The van der Waals surface area contributed by atoms with Crippen molar-refractivity contribution in [1.82, 2.24) is 0 Å². The van der Waals surface area contributed by atoms with Gasteiger partial charge in [-0.25, -0.2) is 4.79 Å². The Morgan fingerprint density at radius 2 is 1.74 bits per heavy atom. The van der Waals surface area contributed by atoms with Crippen molar-refractivity contribution in [2.24, 2.45) is 34.5 Å². The zero-order valence-electron chi connectivity index (χ0n) is 22.7. The summed E-state index contributed by atoms with van der Waals surface area (Å²) in [5.74, 6) is 0.176. The van der Waals surface area contributed by atoms with Crippen LogP contribution in [0.1, 0.15) is 72.1 Å². The van der Waals surface area contributed by atoms with Crippen LogP contribution in [0.5, 0.6) is 0 Å². The summed E-state index contributed by atoms with van der Waals surface area (Å²) in [6.07, 6.45) is 1.83. The maximum atomic E-state index is 12.4. The van der Waals surface area contributed by atoms with Gasteiger partial charge in [0.2, 0.25) is 0 Å². The van der Waals surface area contributed by atoms with Gasteiger partial charge in [0.05, 0.1) is 23.9 Å². The zero-order chi connectivity index (χ0) is 27.2. The predicted molar refractivity (Wildman–Crippen MR) is 134 cm³/mol. The van der Waals surface area contributed by atoms with Crippen LogP contribution in [0.4, 0.5) is 0 Å². The number of ether oxygens (including phenoxy) is 3. The highest BCUT2D eigenvalue weighted by Gasteiger charge is 2.70. The summed E-state index contributed by atoms with van der Waals surface area (Å²) >= 11 is 0. The van der Waals surface area contributed by atoms with Crippen LogP contribution in [0.3, 0.4) is 0 Å². The van der Waals surface area contributed by atoms with Crippen molar-refractivity contribution < 1.29 is 44.5 Å². The fourth-order valence-corrected chi connectivity index (χ4v) is 9.89. The normalized spacial score (nSPS) is 56.5. The molecule has 214 valence electrons. The maximum Gasteiger partial charge on any atom is 0.331 e. The Labute approximate surface area is 224 Å². The van der Waals surface area contributed by atoms with E-state index in [9.17, 15) is 30.3 Å². The molecule has 9 nitrogen and oxygen atoms in total. The summed E-state index contributed by atoms with van der Waals surface area (Å²) in [5.41, 5.74) is -0.658. The summed E-state index contributed by atoms with van der Waals surface area (Å²) in [6, 6.07) is 0. The van der Waals surface area contributed by atoms with E-state index in [1.807, 2.05) is 0 Å². The van der Waals surface area contributed by atoms with E-state index >= 15 is 0 Å². The number of aliphatic hydroxyl groups excluding tert-OH is 4. The molecule has 4 aliphatic carbocycles. The first kappa shape index (κ1) is 27.1. The van der Waals surface area contributed by atoms with Crippen molar-refractivity contribution >= 4 is 5.97 Å². The van der Waals surface area contributed by atoms with Gasteiger partial charge in [0.15, 0.2) is 6.29 Å². The summed E-state index contributed by atoms with van der Waals surface area (Å²) in [4.78, 5) is 11.8. The number of fused-ring (bicyclic) bond motifs is 5. The summed E-state index contributed by atoms with van der Waals surface area (Å²) < 4.78 is 17.1. The van der Waals surface area contributed by atoms with Crippen LogP contribution < -0.4 is 0 Å². The van der Waals surface area contributed by atoms with Gasteiger partial charge in [0.1, 0.15) is 24.9 Å². The lowest BCUT2D eigenvalue weighted by atomic mass is 9.43. The predicted octanol–water partition coefficient (Wildman–Crippen LogP) is 1.43. The second-order valence-electron chi connectivity index (χ2n) is 13.7. The van der Waals surface area contributed by atoms with Crippen molar-refractivity contribution in [2.75, 3.05) is 6.61 Å². The van der Waals surface area contributed by atoms with Crippen LogP contribution in [0.15, 0.2) is 11.6 Å². The zero-order valence-corrected chi connectivity index (χ0v) is 22.7. The lowest BCUT2D eigenvalue weighted by Gasteiger charge is -2.63. The minimum atomic E-state index is -1.30. The van der Waals surface area contributed by atoms with E-state index in [2.05, 4.69) is 13.8 Å². The van der Waals surface area contributed by atoms with Crippen LogP contribution in [-0.2, 0) is 19.0 Å². The number of carbonyl (C=O) groups excluding carboxylic acids is 1. The molecule has 0 aromatic rings. The lowest BCUT2D eigenvalue weighted by molar-refractivity contribution is -0.310. The van der Waals surface area contributed by atoms with Crippen molar-refractivity contribution in [3.05, 3.63) is 11.6 Å². The largest absolute Gasteiger partial charge is 0.458 e. The number of carbonyl (C=O) groups is 1. The van der Waals surface area contributed by atoms with Crippen LogP contribution >= 0.6 is 0 Å². The second-order valence-corrected chi connectivity index (χ2v) is 13.7. The molecule has 4 saturated carbocycles. The molecule has 5 N–H and O–H groups in total. The Morgan fingerprint density at radius 1 is 0.974 bits per heavy atom. The molecule has 1 saturated heterocycles. The van der Waals surface area contributed by atoms with Gasteiger partial charge in [-0.15, -0.1) is 0 Å². The van der Waals surface area contributed by atoms with E-state index in [-0.39, 0.29) is 35.9 Å². The Morgan fingerprint density at radius 3 is 2.45 bits per heavy atom. The SMILES string of the molecule is C[C@@H]1O[C@@H](O[C@H]2CC[C@@]3(C)[C@H](CC[C@@H]4[C@@H]3CC[C@]3(C)[C@H](C5=CC(=O)OC5)[C@@H](O)C[C@]43O)C2)[C@H](O)[C@H](O)[C@H]1O. The van der Waals surface area contributed by atoms with Gasteiger partial charge in [-0.2, -0.15) is 0 Å². The highest BCUT2D eigenvalue weighted by molar-refractivity contribution is 5.85. The maximum absolute atomic E-state index is 12.4. The molecule has 2 aliphatic heterocycles. The molecule has 0 aromatic heterocycles. The third kappa shape index (κ3) is 3.80. The average molecular weight is 537 g/mol. The molecule has 0 radical (unpaired) electrons. The van der Waals surface area contributed by atoms with E-state index in [4.69, 9.17) is 14.2 Å². The monoisotopic (exact) mass is 536 g/mol. The molecule has 0 aromatic carbocycles. The summed E-state index contributed by atoms with van der Waals surface area (Å²) in [6.45, 7) is 6.33. The van der Waals surface area contributed by atoms with E-state index in [1.165, 1.54) is 6.08 Å². The fraction of sp³-hybridized carbons (Fsp3) is 0.897. The molecule has 38 heavy (non-hydrogen) atoms. The van der Waals surface area contributed by atoms with E-state index in [0.29, 0.717) is 18.3 Å². The lowest BCUT2D eigenvalue weighted by Crippen LogP contribution is -2.62. The van der Waals surface area contributed by atoms with Gasteiger partial charge in [0.25, 0.3) is 0 Å². The number of hydrogen-bond donors (Lipinski definition) is 5. The standard InChI is InChI=1S/C29H44O9/c1-14-23(32)24(33)25(34)26(37-14)38-17-6-8-27(2)16(11-17)4-5-19-18(27)7-9-28(3)22(15-10-21(31)36-13-15)20(30)12-29(19,28)35/h10,14,16-20,22-26,30,32-35H,4-9,11-13H2,1-3H3/t14-,16+,17-,18-,19+,20-,22+,23-,24+,25+,26-,27-,28+,29-/m0/s1. The molecule has 9 heteroatoms. The summed E-state index contributed by atoms with van der Waals surface area (Å²) in [5, 5.41) is 54.2. The fourth-order valence-electron chi connectivity index (χ4n) is 9.89. The first-order valence-electron chi connectivity index (χ1n) is 14.5. The van der Waals surface area contributed by atoms with Gasteiger partial charge < -0.3 is 39.7 Å². The molecule has 2 heterocycles. The van der Waals surface area contributed by atoms with Crippen LogP contribution in [0.25, 0.3) is 0 Å². The van der Waals surface area contributed by atoms with Crippen LogP contribution in [-0.4, -0.2) is 86.6 Å². The molecule has 0 amide bonds. The molecule has 0 bridgehead atoms. The van der Waals surface area contributed by atoms with Crippen molar-refractivity contribution in [3.8, 4) is 0 Å². The van der Waals surface area contributed by atoms with Crippen molar-refractivity contribution in [1.29, 1.82) is 0 Å². The Kier molecular flexibility index (Phi) is 6.58. The van der Waals surface area contributed by atoms with Gasteiger partial charge in [-0.05, 0) is 80.6 Å². The van der Waals surface area contributed by atoms with Gasteiger partial charge in [-0.1, -0.05) is 13.8 Å². The molecule has 6 rings (SSSR count). The van der Waals surface area contributed by atoms with Crippen LogP contribution in [0.2, 0.25) is 0 Å². The smallest absolute Gasteiger partial charge is 0.331 e. The number of rotatable bonds is 3. The topological polar surface area (TPSA) is 146 Å². The molecule has 14 atom stereocenters. The number of cyclic esters (lactones) is 1. The number of esters is 1. The van der Waals surface area contributed by atoms with Gasteiger partial charge in [0, 0.05) is 23.8 Å². The average Bonchev–Trinajstić information content (AvgIpc) is 3.37. The number of hydrogen-bond acceptors (Lipinski definition) is 9. The minimum absolute atomic E-state index is 0.0314. The first-order chi connectivity index (χ1) is 17.9. The second kappa shape index (κ2) is 9.23. The molecule has 6 aliphatic rings. The Balaban J connectivity index is 1.18. The third-order valence-electron chi connectivity index (χ3n) is 12.0. The molecule has 5 fully saturated rings. The van der Waals surface area contributed by atoms with Gasteiger partial charge in [-0.3, -0.25) is 0 Å². The van der Waals surface area contributed by atoms with E-state index in [1.54, 1.807) is 6.92 Å². The van der Waals surface area contributed by atoms with E-state index in [0.717, 1.165) is 50.5 Å². The van der Waals surface area contributed by atoms with Gasteiger partial charge >= 0.3 is 5.97 Å². The number of aliphatic hydroxyl groups is 5. The third-order valence-corrected chi connectivity index (χ3v) is 12.0. The summed E-state index contributed by atoms with van der Waals surface area (Å²) in [7, 11) is 0. The Bertz CT molecular complexity index is 985. The highest BCUT2D eigenvalue weighted by Crippen LogP contribution is 2.70. The Hall–Kier alpha value is -1.07. The quantitative estimate of drug-likeness (QED) is 0.267. The molecular weight excluding hydrogens is 492 g/mol. The molecular formula is C29H44O9. The van der Waals surface area contributed by atoms with E-state index < -0.39 is 47.8 Å². The van der Waals surface area contributed by atoms with Crippen LogP contribution in [0, 0.1) is 34.5 Å².